The van der Waals surface area contributed by atoms with Gasteiger partial charge in [0.15, 0.2) is 0 Å². The Morgan fingerprint density at radius 2 is 2.09 bits per heavy atom. The molecular formula is C15H20ClN3O3. The number of likely N-dealkylation sites (tertiary alicyclic amines) is 1. The Hall–Kier alpha value is -1.66. The molecule has 1 amide bonds. The van der Waals surface area contributed by atoms with Gasteiger partial charge in [-0.05, 0) is 44.8 Å². The van der Waals surface area contributed by atoms with E-state index in [1.165, 1.54) is 18.2 Å². The first-order valence-corrected chi connectivity index (χ1v) is 7.78. The van der Waals surface area contributed by atoms with Crippen LogP contribution in [0.5, 0.6) is 0 Å². The summed E-state index contributed by atoms with van der Waals surface area (Å²) in [6.07, 6.45) is 3.05. The van der Waals surface area contributed by atoms with Crippen LogP contribution in [0.1, 0.15) is 29.6 Å². The van der Waals surface area contributed by atoms with E-state index in [1.54, 1.807) is 4.90 Å². The van der Waals surface area contributed by atoms with Crippen molar-refractivity contribution in [1.29, 1.82) is 0 Å². The van der Waals surface area contributed by atoms with Gasteiger partial charge in [0, 0.05) is 35.8 Å². The zero-order chi connectivity index (χ0) is 16.1. The summed E-state index contributed by atoms with van der Waals surface area (Å²) in [5, 5.41) is 14.2. The first-order chi connectivity index (χ1) is 10.5. The second kappa shape index (κ2) is 7.56. The smallest absolute Gasteiger partial charge is 0.271 e. The van der Waals surface area contributed by atoms with Crippen molar-refractivity contribution < 1.29 is 9.72 Å². The number of nitrogens with zero attached hydrogens (tertiary/aromatic N) is 2. The van der Waals surface area contributed by atoms with E-state index in [0.29, 0.717) is 19.0 Å². The molecule has 7 heteroatoms. The van der Waals surface area contributed by atoms with Crippen molar-refractivity contribution in [3.8, 4) is 0 Å². The fourth-order valence-corrected chi connectivity index (χ4v) is 2.99. The van der Waals surface area contributed by atoms with Gasteiger partial charge in [0.05, 0.1) is 4.92 Å². The van der Waals surface area contributed by atoms with E-state index in [2.05, 4.69) is 5.32 Å². The van der Waals surface area contributed by atoms with E-state index in [4.69, 9.17) is 11.6 Å². The second-order valence-corrected chi connectivity index (χ2v) is 6.02. The van der Waals surface area contributed by atoms with E-state index in [-0.39, 0.29) is 22.2 Å². The van der Waals surface area contributed by atoms with Gasteiger partial charge in [-0.25, -0.2) is 0 Å². The van der Waals surface area contributed by atoms with E-state index in [0.717, 1.165) is 25.8 Å². The maximum absolute atomic E-state index is 12.5. The van der Waals surface area contributed by atoms with Crippen molar-refractivity contribution in [2.45, 2.75) is 19.3 Å². The molecule has 0 aliphatic carbocycles. The molecule has 1 saturated heterocycles. The fraction of sp³-hybridized carbons (Fsp3) is 0.533. The predicted octanol–water partition coefficient (Wildman–Crippen LogP) is 2.71. The quantitative estimate of drug-likeness (QED) is 0.667. The highest BCUT2D eigenvalue weighted by molar-refractivity contribution is 6.31. The zero-order valence-corrected chi connectivity index (χ0v) is 13.3. The van der Waals surface area contributed by atoms with Crippen molar-refractivity contribution in [1.82, 2.24) is 10.2 Å². The third-order valence-electron chi connectivity index (χ3n) is 4.04. The summed E-state index contributed by atoms with van der Waals surface area (Å²) in [4.78, 5) is 24.6. The number of hydrogen-bond acceptors (Lipinski definition) is 4. The summed E-state index contributed by atoms with van der Waals surface area (Å²) in [5.41, 5.74) is 0.132. The molecule has 1 aromatic carbocycles. The minimum absolute atomic E-state index is 0.153. The average molecular weight is 326 g/mol. The highest BCUT2D eigenvalue weighted by atomic mass is 35.5. The van der Waals surface area contributed by atoms with Crippen LogP contribution in [0.15, 0.2) is 18.2 Å². The van der Waals surface area contributed by atoms with Crippen LogP contribution < -0.4 is 5.32 Å². The number of rotatable bonds is 5. The Kier molecular flexibility index (Phi) is 5.74. The number of hydrogen-bond donors (Lipinski definition) is 1. The number of carbonyl (C=O) groups excluding carboxylic acids is 1. The second-order valence-electron chi connectivity index (χ2n) is 5.58. The first-order valence-electron chi connectivity index (χ1n) is 7.40. The van der Waals surface area contributed by atoms with E-state index >= 15 is 0 Å². The highest BCUT2D eigenvalue weighted by Crippen LogP contribution is 2.25. The largest absolute Gasteiger partial charge is 0.339 e. The van der Waals surface area contributed by atoms with E-state index < -0.39 is 4.92 Å². The lowest BCUT2D eigenvalue weighted by atomic mass is 9.93. The maximum atomic E-state index is 12.5. The summed E-state index contributed by atoms with van der Waals surface area (Å²) in [7, 11) is 1.94. The van der Waals surface area contributed by atoms with Crippen molar-refractivity contribution in [3.05, 3.63) is 38.9 Å². The van der Waals surface area contributed by atoms with Crippen LogP contribution in [0, 0.1) is 16.0 Å². The Bertz CT molecular complexity index is 557. The lowest BCUT2D eigenvalue weighted by molar-refractivity contribution is -0.384. The highest BCUT2D eigenvalue weighted by Gasteiger charge is 2.24. The molecule has 6 nitrogen and oxygen atoms in total. The Morgan fingerprint density at radius 1 is 1.41 bits per heavy atom. The molecule has 120 valence electrons. The van der Waals surface area contributed by atoms with Crippen LogP contribution in [0.3, 0.4) is 0 Å². The normalized spacial score (nSPS) is 15.8. The van der Waals surface area contributed by atoms with Gasteiger partial charge >= 0.3 is 0 Å². The summed E-state index contributed by atoms with van der Waals surface area (Å²) >= 11 is 5.88. The number of benzene rings is 1. The molecule has 0 spiro atoms. The molecule has 1 aliphatic heterocycles. The number of nitro groups is 1. The molecule has 22 heavy (non-hydrogen) atoms. The molecule has 1 heterocycles. The maximum Gasteiger partial charge on any atom is 0.271 e. The number of non-ortho nitro benzene ring substituents is 1. The molecule has 0 radical (unpaired) electrons. The lowest BCUT2D eigenvalue weighted by Crippen LogP contribution is -2.39. The molecule has 2 rings (SSSR count). The van der Waals surface area contributed by atoms with Crippen molar-refractivity contribution in [2.24, 2.45) is 5.92 Å². The number of amides is 1. The molecule has 0 saturated carbocycles. The number of piperidine rings is 1. The van der Waals surface area contributed by atoms with E-state index in [1.807, 2.05) is 7.05 Å². The van der Waals surface area contributed by atoms with Crippen LogP contribution in [-0.4, -0.2) is 42.4 Å². The number of nitro benzene ring substituents is 1. The molecule has 1 aromatic rings. The van der Waals surface area contributed by atoms with Crippen LogP contribution in [0.25, 0.3) is 0 Å². The van der Waals surface area contributed by atoms with Gasteiger partial charge in [0.1, 0.15) is 0 Å². The Labute approximate surface area is 134 Å². The van der Waals surface area contributed by atoms with Gasteiger partial charge < -0.3 is 10.2 Å². The predicted molar refractivity (Wildman–Crippen MR) is 85.3 cm³/mol. The number of halogens is 1. The third-order valence-corrected chi connectivity index (χ3v) is 4.26. The molecule has 0 bridgehead atoms. The van der Waals surface area contributed by atoms with Crippen LogP contribution >= 0.6 is 11.6 Å². The molecule has 1 aliphatic rings. The van der Waals surface area contributed by atoms with Crippen LogP contribution in [-0.2, 0) is 0 Å². The number of nitrogens with one attached hydrogen (secondary N) is 1. The average Bonchev–Trinajstić information content (AvgIpc) is 2.52. The van der Waals surface area contributed by atoms with Gasteiger partial charge in [-0.1, -0.05) is 11.6 Å². The monoisotopic (exact) mass is 325 g/mol. The van der Waals surface area contributed by atoms with Crippen LogP contribution in [0.2, 0.25) is 5.02 Å². The Morgan fingerprint density at radius 3 is 2.68 bits per heavy atom. The van der Waals surface area contributed by atoms with Gasteiger partial charge in [-0.15, -0.1) is 0 Å². The molecule has 1 N–H and O–H groups in total. The zero-order valence-electron chi connectivity index (χ0n) is 12.5. The van der Waals surface area contributed by atoms with Crippen molar-refractivity contribution in [3.63, 3.8) is 0 Å². The SMILES string of the molecule is CNCCC1CCN(C(=O)c2cc(Cl)cc([N+](=O)[O-])c2)CC1. The summed E-state index contributed by atoms with van der Waals surface area (Å²) in [6, 6.07) is 4.04. The van der Waals surface area contributed by atoms with Gasteiger partial charge in [0.2, 0.25) is 0 Å². The van der Waals surface area contributed by atoms with Gasteiger partial charge in [-0.2, -0.15) is 0 Å². The minimum atomic E-state index is -0.535. The van der Waals surface area contributed by atoms with Crippen molar-refractivity contribution >= 4 is 23.2 Å². The van der Waals surface area contributed by atoms with E-state index in [9.17, 15) is 14.9 Å². The third kappa shape index (κ3) is 4.18. The Balaban J connectivity index is 2.02. The molecule has 0 unspecified atom stereocenters. The van der Waals surface area contributed by atoms with Crippen molar-refractivity contribution in [2.75, 3.05) is 26.7 Å². The molecule has 1 fully saturated rings. The van der Waals surface area contributed by atoms with Gasteiger partial charge in [0.25, 0.3) is 11.6 Å². The topological polar surface area (TPSA) is 75.5 Å². The summed E-state index contributed by atoms with van der Waals surface area (Å²) in [6.45, 7) is 2.36. The molecular weight excluding hydrogens is 306 g/mol. The number of carbonyl (C=O) groups is 1. The standard InChI is InChI=1S/C15H20ClN3O3/c1-17-5-2-11-3-6-18(7-4-11)15(20)12-8-13(16)10-14(9-12)19(21)22/h8-11,17H,2-7H2,1H3. The lowest BCUT2D eigenvalue weighted by Gasteiger charge is -2.32. The summed E-state index contributed by atoms with van der Waals surface area (Å²) < 4.78 is 0. The molecule has 0 atom stereocenters. The van der Waals surface area contributed by atoms with Gasteiger partial charge in [-0.3, -0.25) is 14.9 Å². The molecule has 0 aromatic heterocycles. The summed E-state index contributed by atoms with van der Waals surface area (Å²) in [5.74, 6) is 0.447. The first kappa shape index (κ1) is 16.7. The fourth-order valence-electron chi connectivity index (χ4n) is 2.76. The van der Waals surface area contributed by atoms with Crippen LogP contribution in [0.4, 0.5) is 5.69 Å². The minimum Gasteiger partial charge on any atom is -0.339 e.